The number of aromatic nitrogens is 1. The average Bonchev–Trinajstić information content (AvgIpc) is 2.81. The standard InChI is InChI=1S/C17H23FN2/c1-13(2)9-19-10-15-6-7-20(11-15)12-16-8-17(18)5-4-14(16)3/h4-8,11,13,19H,9-10,12H2,1-3H3. The van der Waals surface area contributed by atoms with E-state index in [1.54, 1.807) is 6.07 Å². The van der Waals surface area contributed by atoms with Crippen molar-refractivity contribution in [1.82, 2.24) is 9.88 Å². The Hall–Kier alpha value is -1.61. The van der Waals surface area contributed by atoms with Crippen molar-refractivity contribution in [3.63, 3.8) is 0 Å². The van der Waals surface area contributed by atoms with Gasteiger partial charge in [-0.05, 0) is 54.3 Å². The van der Waals surface area contributed by atoms with E-state index in [4.69, 9.17) is 0 Å². The van der Waals surface area contributed by atoms with Gasteiger partial charge in [-0.1, -0.05) is 19.9 Å². The van der Waals surface area contributed by atoms with Gasteiger partial charge < -0.3 is 9.88 Å². The van der Waals surface area contributed by atoms with Gasteiger partial charge in [0.25, 0.3) is 0 Å². The third-order valence-corrected chi connectivity index (χ3v) is 3.36. The first-order valence-corrected chi connectivity index (χ1v) is 7.15. The maximum Gasteiger partial charge on any atom is 0.123 e. The van der Waals surface area contributed by atoms with Gasteiger partial charge in [0.05, 0.1) is 0 Å². The number of nitrogens with zero attached hydrogens (tertiary/aromatic N) is 1. The van der Waals surface area contributed by atoms with Crippen LogP contribution in [0.15, 0.2) is 36.7 Å². The molecule has 0 amide bonds. The van der Waals surface area contributed by atoms with Crippen molar-refractivity contribution < 1.29 is 4.39 Å². The van der Waals surface area contributed by atoms with Gasteiger partial charge in [-0.2, -0.15) is 0 Å². The van der Waals surface area contributed by atoms with Crippen molar-refractivity contribution in [2.24, 2.45) is 5.92 Å². The summed E-state index contributed by atoms with van der Waals surface area (Å²) in [7, 11) is 0. The molecule has 108 valence electrons. The van der Waals surface area contributed by atoms with Crippen molar-refractivity contribution >= 4 is 0 Å². The summed E-state index contributed by atoms with van der Waals surface area (Å²) < 4.78 is 15.4. The Labute approximate surface area is 120 Å². The van der Waals surface area contributed by atoms with E-state index in [-0.39, 0.29) is 5.82 Å². The highest BCUT2D eigenvalue weighted by atomic mass is 19.1. The first-order valence-electron chi connectivity index (χ1n) is 7.15. The number of aryl methyl sites for hydroxylation is 1. The van der Waals surface area contributed by atoms with Crippen molar-refractivity contribution in [3.8, 4) is 0 Å². The lowest BCUT2D eigenvalue weighted by atomic mass is 10.1. The molecule has 1 heterocycles. The Morgan fingerprint density at radius 1 is 1.25 bits per heavy atom. The Morgan fingerprint density at radius 3 is 2.80 bits per heavy atom. The lowest BCUT2D eigenvalue weighted by Crippen LogP contribution is -2.18. The van der Waals surface area contributed by atoms with Gasteiger partial charge in [-0.15, -0.1) is 0 Å². The van der Waals surface area contributed by atoms with Gasteiger partial charge in [0.15, 0.2) is 0 Å². The molecule has 2 nitrogen and oxygen atoms in total. The van der Waals surface area contributed by atoms with Crippen molar-refractivity contribution in [1.29, 1.82) is 0 Å². The molecule has 0 aliphatic carbocycles. The fourth-order valence-electron chi connectivity index (χ4n) is 2.21. The summed E-state index contributed by atoms with van der Waals surface area (Å²) in [6.45, 7) is 9.04. The molecule has 0 aliphatic rings. The highest BCUT2D eigenvalue weighted by Gasteiger charge is 2.03. The molecule has 0 saturated carbocycles. The van der Waals surface area contributed by atoms with Crippen LogP contribution in [0.5, 0.6) is 0 Å². The fraction of sp³-hybridized carbons (Fsp3) is 0.412. The number of rotatable bonds is 6. The zero-order chi connectivity index (χ0) is 14.5. The maximum absolute atomic E-state index is 13.3. The predicted molar refractivity (Wildman–Crippen MR) is 81.2 cm³/mol. The van der Waals surface area contributed by atoms with Crippen LogP contribution in [0.1, 0.15) is 30.5 Å². The molecule has 2 aromatic rings. The van der Waals surface area contributed by atoms with Gasteiger partial charge in [-0.25, -0.2) is 4.39 Å². The molecule has 2 rings (SSSR count). The number of halogens is 1. The summed E-state index contributed by atoms with van der Waals surface area (Å²) in [5, 5.41) is 3.43. The highest BCUT2D eigenvalue weighted by molar-refractivity contribution is 5.27. The lowest BCUT2D eigenvalue weighted by molar-refractivity contribution is 0.552. The summed E-state index contributed by atoms with van der Waals surface area (Å²) in [4.78, 5) is 0. The van der Waals surface area contributed by atoms with Crippen LogP contribution < -0.4 is 5.32 Å². The molecular formula is C17H23FN2. The van der Waals surface area contributed by atoms with Crippen LogP contribution in [0.2, 0.25) is 0 Å². The molecule has 1 aromatic carbocycles. The van der Waals surface area contributed by atoms with E-state index in [1.807, 2.05) is 13.0 Å². The molecule has 0 fully saturated rings. The van der Waals surface area contributed by atoms with E-state index in [9.17, 15) is 4.39 Å². The SMILES string of the molecule is Cc1ccc(F)cc1Cn1ccc(CNCC(C)C)c1. The summed E-state index contributed by atoms with van der Waals surface area (Å²) in [6, 6.07) is 7.07. The molecular weight excluding hydrogens is 251 g/mol. The lowest BCUT2D eigenvalue weighted by Gasteiger charge is -2.08. The number of nitrogens with one attached hydrogen (secondary N) is 1. The molecule has 3 heteroatoms. The molecule has 0 saturated heterocycles. The minimum atomic E-state index is -0.170. The summed E-state index contributed by atoms with van der Waals surface area (Å²) >= 11 is 0. The normalized spacial score (nSPS) is 11.2. The van der Waals surface area contributed by atoms with Gasteiger partial charge in [0.1, 0.15) is 5.82 Å². The van der Waals surface area contributed by atoms with Crippen LogP contribution in [-0.4, -0.2) is 11.1 Å². The largest absolute Gasteiger partial charge is 0.350 e. The number of benzene rings is 1. The van der Waals surface area contributed by atoms with E-state index >= 15 is 0 Å². The van der Waals surface area contributed by atoms with Crippen LogP contribution in [0.25, 0.3) is 0 Å². The van der Waals surface area contributed by atoms with E-state index in [2.05, 4.69) is 42.2 Å². The molecule has 0 aliphatic heterocycles. The zero-order valence-electron chi connectivity index (χ0n) is 12.5. The third kappa shape index (κ3) is 4.20. The highest BCUT2D eigenvalue weighted by Crippen LogP contribution is 2.13. The first kappa shape index (κ1) is 14.8. The molecule has 0 spiro atoms. The van der Waals surface area contributed by atoms with E-state index in [0.717, 1.165) is 24.2 Å². The minimum absolute atomic E-state index is 0.170. The zero-order valence-corrected chi connectivity index (χ0v) is 12.5. The second-order valence-electron chi connectivity index (χ2n) is 5.79. The molecule has 1 N–H and O–H groups in total. The van der Waals surface area contributed by atoms with E-state index < -0.39 is 0 Å². The van der Waals surface area contributed by atoms with Crippen LogP contribution >= 0.6 is 0 Å². The quantitative estimate of drug-likeness (QED) is 0.849. The van der Waals surface area contributed by atoms with Gasteiger partial charge in [0.2, 0.25) is 0 Å². The van der Waals surface area contributed by atoms with Gasteiger partial charge in [-0.3, -0.25) is 0 Å². The predicted octanol–water partition coefficient (Wildman–Crippen LogP) is 3.73. The minimum Gasteiger partial charge on any atom is -0.350 e. The second kappa shape index (κ2) is 6.71. The molecule has 0 bridgehead atoms. The van der Waals surface area contributed by atoms with Crippen LogP contribution in [0.4, 0.5) is 4.39 Å². The number of hydrogen-bond donors (Lipinski definition) is 1. The summed E-state index contributed by atoms with van der Waals surface area (Å²) in [6.07, 6.45) is 4.18. The second-order valence-corrected chi connectivity index (χ2v) is 5.79. The van der Waals surface area contributed by atoms with E-state index in [1.165, 1.54) is 11.6 Å². The molecule has 0 unspecified atom stereocenters. The monoisotopic (exact) mass is 274 g/mol. The van der Waals surface area contributed by atoms with Crippen molar-refractivity contribution in [2.45, 2.75) is 33.9 Å². The maximum atomic E-state index is 13.3. The Balaban J connectivity index is 1.97. The molecule has 0 radical (unpaired) electrons. The van der Waals surface area contributed by atoms with Gasteiger partial charge in [0, 0.05) is 25.5 Å². The van der Waals surface area contributed by atoms with Crippen LogP contribution in [0, 0.1) is 18.7 Å². The van der Waals surface area contributed by atoms with Crippen LogP contribution in [0.3, 0.4) is 0 Å². The summed E-state index contributed by atoms with van der Waals surface area (Å²) in [5.74, 6) is 0.489. The van der Waals surface area contributed by atoms with Crippen molar-refractivity contribution in [3.05, 3.63) is 59.2 Å². The average molecular weight is 274 g/mol. The van der Waals surface area contributed by atoms with E-state index in [0.29, 0.717) is 12.5 Å². The van der Waals surface area contributed by atoms with Gasteiger partial charge >= 0.3 is 0 Å². The number of hydrogen-bond acceptors (Lipinski definition) is 1. The van der Waals surface area contributed by atoms with Crippen LogP contribution in [-0.2, 0) is 13.1 Å². The smallest absolute Gasteiger partial charge is 0.123 e. The Kier molecular flexibility index (Phi) is 4.96. The molecule has 1 aromatic heterocycles. The van der Waals surface area contributed by atoms with Crippen molar-refractivity contribution in [2.75, 3.05) is 6.54 Å². The first-order chi connectivity index (χ1) is 9.54. The Bertz CT molecular complexity index is 558. The topological polar surface area (TPSA) is 17.0 Å². The fourth-order valence-corrected chi connectivity index (χ4v) is 2.21. The molecule has 20 heavy (non-hydrogen) atoms. The molecule has 0 atom stereocenters. The third-order valence-electron chi connectivity index (χ3n) is 3.36. The summed E-state index contributed by atoms with van der Waals surface area (Å²) in [5.41, 5.74) is 3.42. The Morgan fingerprint density at radius 2 is 2.05 bits per heavy atom.